The van der Waals surface area contributed by atoms with E-state index in [0.717, 1.165) is 12.5 Å². The molecule has 0 unspecified atom stereocenters. The summed E-state index contributed by atoms with van der Waals surface area (Å²) in [7, 11) is 0. The smallest absolute Gasteiger partial charge is 0.156 e. The Kier molecular flexibility index (Phi) is 3.60. The Morgan fingerprint density at radius 1 is 1.40 bits per heavy atom. The average Bonchev–Trinajstić information content (AvgIpc) is 2.65. The fraction of sp³-hybridized carbons (Fsp3) is 0.917. The van der Waals surface area contributed by atoms with Crippen molar-refractivity contribution in [1.82, 2.24) is 5.32 Å². The van der Waals surface area contributed by atoms with Crippen molar-refractivity contribution < 1.29 is 0 Å². The molecule has 3 heteroatoms. The number of nitrogens with zero attached hydrogens (tertiary/aromatic N) is 1. The Hall–Kier alpha value is -0.180. The largest absolute Gasteiger partial charge is 0.360 e. The van der Waals surface area contributed by atoms with E-state index in [-0.39, 0.29) is 5.54 Å². The van der Waals surface area contributed by atoms with E-state index in [0.29, 0.717) is 0 Å². The fourth-order valence-electron chi connectivity index (χ4n) is 2.28. The Bertz CT molecular complexity index is 242. The van der Waals surface area contributed by atoms with Crippen molar-refractivity contribution in [3.05, 3.63) is 0 Å². The number of amidine groups is 1. The second-order valence-electron chi connectivity index (χ2n) is 5.40. The van der Waals surface area contributed by atoms with Crippen molar-refractivity contribution >= 4 is 16.9 Å². The molecule has 2 fully saturated rings. The maximum absolute atomic E-state index is 4.73. The van der Waals surface area contributed by atoms with Crippen LogP contribution in [0.1, 0.15) is 46.0 Å². The molecule has 1 aliphatic carbocycles. The second kappa shape index (κ2) is 4.77. The Labute approximate surface area is 97.3 Å². The van der Waals surface area contributed by atoms with Crippen LogP contribution in [0.2, 0.25) is 0 Å². The van der Waals surface area contributed by atoms with E-state index in [1.807, 2.05) is 11.8 Å². The van der Waals surface area contributed by atoms with E-state index in [1.165, 1.54) is 43.0 Å². The number of hydrogen-bond donors (Lipinski definition) is 1. The van der Waals surface area contributed by atoms with E-state index in [1.54, 1.807) is 0 Å². The average molecular weight is 226 g/mol. The standard InChI is InChI=1S/C12H22N2S/c1-12(2)7-8-15-11(14-12)13-9-10-5-3-4-6-10/h10H,3-9H2,1-2H3,(H,13,14). The first-order valence-electron chi connectivity index (χ1n) is 6.11. The van der Waals surface area contributed by atoms with Crippen LogP contribution in [-0.2, 0) is 0 Å². The molecule has 0 atom stereocenters. The van der Waals surface area contributed by atoms with Crippen molar-refractivity contribution in [2.24, 2.45) is 10.9 Å². The van der Waals surface area contributed by atoms with Gasteiger partial charge in [-0.3, -0.25) is 4.99 Å². The van der Waals surface area contributed by atoms with Gasteiger partial charge in [-0.15, -0.1) is 0 Å². The first-order valence-corrected chi connectivity index (χ1v) is 7.10. The minimum atomic E-state index is 0.250. The van der Waals surface area contributed by atoms with Crippen LogP contribution in [0.4, 0.5) is 0 Å². The summed E-state index contributed by atoms with van der Waals surface area (Å²) in [5.74, 6) is 2.08. The zero-order valence-corrected chi connectivity index (χ0v) is 10.7. The highest BCUT2D eigenvalue weighted by Crippen LogP contribution is 2.26. The molecule has 1 N–H and O–H groups in total. The van der Waals surface area contributed by atoms with Crippen LogP contribution in [0.5, 0.6) is 0 Å². The van der Waals surface area contributed by atoms with Gasteiger partial charge in [0, 0.05) is 17.8 Å². The van der Waals surface area contributed by atoms with E-state index >= 15 is 0 Å². The van der Waals surface area contributed by atoms with Crippen molar-refractivity contribution in [1.29, 1.82) is 0 Å². The number of rotatable bonds is 2. The molecule has 86 valence electrons. The summed E-state index contributed by atoms with van der Waals surface area (Å²) in [6, 6.07) is 0. The van der Waals surface area contributed by atoms with Crippen LogP contribution in [0.25, 0.3) is 0 Å². The summed E-state index contributed by atoms with van der Waals surface area (Å²) in [5, 5.41) is 4.71. The van der Waals surface area contributed by atoms with Gasteiger partial charge < -0.3 is 5.32 Å². The molecule has 1 aliphatic heterocycles. The molecule has 1 heterocycles. The Morgan fingerprint density at radius 2 is 2.13 bits per heavy atom. The molecule has 2 rings (SSSR count). The fourth-order valence-corrected chi connectivity index (χ4v) is 3.60. The van der Waals surface area contributed by atoms with E-state index in [9.17, 15) is 0 Å². The molecule has 0 radical (unpaired) electrons. The number of aliphatic imine (C=N–C) groups is 1. The molecule has 2 aliphatic rings. The molecule has 1 saturated carbocycles. The normalized spacial score (nSPS) is 29.3. The summed E-state index contributed by atoms with van der Waals surface area (Å²) in [4.78, 5) is 4.73. The molecule has 0 spiro atoms. The maximum Gasteiger partial charge on any atom is 0.156 e. The third kappa shape index (κ3) is 3.40. The van der Waals surface area contributed by atoms with E-state index < -0.39 is 0 Å². The molecular weight excluding hydrogens is 204 g/mol. The summed E-state index contributed by atoms with van der Waals surface area (Å²) in [6.07, 6.45) is 6.86. The van der Waals surface area contributed by atoms with Gasteiger partial charge in [-0.1, -0.05) is 24.6 Å². The lowest BCUT2D eigenvalue weighted by atomic mass is 10.0. The monoisotopic (exact) mass is 226 g/mol. The van der Waals surface area contributed by atoms with Crippen LogP contribution >= 0.6 is 11.8 Å². The van der Waals surface area contributed by atoms with Crippen molar-refractivity contribution in [3.63, 3.8) is 0 Å². The van der Waals surface area contributed by atoms with Gasteiger partial charge >= 0.3 is 0 Å². The lowest BCUT2D eigenvalue weighted by Gasteiger charge is -2.32. The first-order chi connectivity index (χ1) is 7.16. The van der Waals surface area contributed by atoms with Crippen LogP contribution < -0.4 is 5.32 Å². The SMILES string of the molecule is CC1(C)CCSC(=NCC2CCCC2)N1. The highest BCUT2D eigenvalue weighted by atomic mass is 32.2. The molecule has 1 saturated heterocycles. The minimum Gasteiger partial charge on any atom is -0.360 e. The molecule has 0 bridgehead atoms. The number of nitrogens with one attached hydrogen (secondary N) is 1. The first kappa shape index (κ1) is 11.3. The van der Waals surface area contributed by atoms with Crippen LogP contribution in [0, 0.1) is 5.92 Å². The predicted molar refractivity (Wildman–Crippen MR) is 68.5 cm³/mol. The zero-order chi connectivity index (χ0) is 10.7. The van der Waals surface area contributed by atoms with Gasteiger partial charge in [0.1, 0.15) is 0 Å². The topological polar surface area (TPSA) is 24.4 Å². The van der Waals surface area contributed by atoms with E-state index in [4.69, 9.17) is 4.99 Å². The second-order valence-corrected chi connectivity index (χ2v) is 6.49. The van der Waals surface area contributed by atoms with Gasteiger partial charge in [0.15, 0.2) is 5.17 Å². The van der Waals surface area contributed by atoms with Gasteiger partial charge in [0.2, 0.25) is 0 Å². The minimum absolute atomic E-state index is 0.250. The Morgan fingerprint density at radius 3 is 2.80 bits per heavy atom. The summed E-state index contributed by atoms with van der Waals surface area (Å²) in [5.41, 5.74) is 0.250. The summed E-state index contributed by atoms with van der Waals surface area (Å²) in [6.45, 7) is 5.57. The quantitative estimate of drug-likeness (QED) is 0.782. The van der Waals surface area contributed by atoms with Crippen molar-refractivity contribution in [3.8, 4) is 0 Å². The molecule has 2 nitrogen and oxygen atoms in total. The van der Waals surface area contributed by atoms with Crippen molar-refractivity contribution in [2.45, 2.75) is 51.5 Å². The van der Waals surface area contributed by atoms with Gasteiger partial charge in [0.25, 0.3) is 0 Å². The lowest BCUT2D eigenvalue weighted by Crippen LogP contribution is -2.46. The van der Waals surface area contributed by atoms with Gasteiger partial charge in [-0.25, -0.2) is 0 Å². The van der Waals surface area contributed by atoms with E-state index in [2.05, 4.69) is 19.2 Å². The maximum atomic E-state index is 4.73. The third-order valence-corrected chi connectivity index (χ3v) is 4.29. The molecule has 0 aromatic heterocycles. The Balaban J connectivity index is 1.83. The highest BCUT2D eigenvalue weighted by molar-refractivity contribution is 8.13. The van der Waals surface area contributed by atoms with Crippen LogP contribution in [0.3, 0.4) is 0 Å². The van der Waals surface area contributed by atoms with Crippen LogP contribution in [0.15, 0.2) is 4.99 Å². The van der Waals surface area contributed by atoms with Crippen LogP contribution in [-0.4, -0.2) is 23.0 Å². The molecule has 0 amide bonds. The molecular formula is C12H22N2S. The van der Waals surface area contributed by atoms with Gasteiger partial charge in [-0.05, 0) is 39.0 Å². The zero-order valence-electron chi connectivity index (χ0n) is 9.88. The van der Waals surface area contributed by atoms with Gasteiger partial charge in [0.05, 0.1) is 0 Å². The predicted octanol–water partition coefficient (Wildman–Crippen LogP) is 3.04. The number of thioether (sulfide) groups is 1. The molecule has 15 heavy (non-hydrogen) atoms. The van der Waals surface area contributed by atoms with Gasteiger partial charge in [-0.2, -0.15) is 0 Å². The molecule has 0 aromatic rings. The van der Waals surface area contributed by atoms with Crippen molar-refractivity contribution in [2.75, 3.05) is 12.3 Å². The number of hydrogen-bond acceptors (Lipinski definition) is 2. The molecule has 0 aromatic carbocycles. The summed E-state index contributed by atoms with van der Waals surface area (Å²) < 4.78 is 0. The lowest BCUT2D eigenvalue weighted by molar-refractivity contribution is 0.445. The highest BCUT2D eigenvalue weighted by Gasteiger charge is 2.24. The summed E-state index contributed by atoms with van der Waals surface area (Å²) >= 11 is 1.89. The third-order valence-electron chi connectivity index (χ3n) is 3.38.